The number of aromatic nitrogens is 1. The summed E-state index contributed by atoms with van der Waals surface area (Å²) >= 11 is 1.29. The highest BCUT2D eigenvalue weighted by Crippen LogP contribution is 2.32. The van der Waals surface area contributed by atoms with Crippen molar-refractivity contribution < 1.29 is 19.0 Å². The van der Waals surface area contributed by atoms with E-state index in [1.807, 2.05) is 73.7 Å². The van der Waals surface area contributed by atoms with Crippen LogP contribution >= 0.6 is 11.3 Å². The Labute approximate surface area is 223 Å². The van der Waals surface area contributed by atoms with Crippen LogP contribution in [-0.2, 0) is 9.53 Å². The van der Waals surface area contributed by atoms with Gasteiger partial charge in [-0.25, -0.2) is 9.79 Å². The molecule has 0 spiro atoms. The molecule has 5 rings (SSSR count). The lowest BCUT2D eigenvalue weighted by atomic mass is 9.96. The van der Waals surface area contributed by atoms with Crippen LogP contribution in [0.3, 0.4) is 0 Å². The van der Waals surface area contributed by atoms with Gasteiger partial charge in [-0.15, -0.1) is 0 Å². The third kappa shape index (κ3) is 4.52. The molecule has 0 saturated carbocycles. The van der Waals surface area contributed by atoms with Crippen LogP contribution < -0.4 is 24.4 Å². The highest BCUT2D eigenvalue weighted by atomic mass is 32.1. The Morgan fingerprint density at radius 2 is 1.82 bits per heavy atom. The topological polar surface area (TPSA) is 79.1 Å². The van der Waals surface area contributed by atoms with Gasteiger partial charge >= 0.3 is 5.97 Å². The second-order valence-electron chi connectivity index (χ2n) is 8.71. The monoisotopic (exact) mass is 528 g/mol. The lowest BCUT2D eigenvalue weighted by molar-refractivity contribution is -0.139. The molecule has 0 bridgehead atoms. The zero-order valence-corrected chi connectivity index (χ0v) is 22.5. The first kappa shape index (κ1) is 25.5. The molecule has 0 N–H and O–H groups in total. The fourth-order valence-corrected chi connectivity index (χ4v) is 5.76. The zero-order chi connectivity index (χ0) is 26.8. The summed E-state index contributed by atoms with van der Waals surface area (Å²) in [6.45, 7) is 6.18. The van der Waals surface area contributed by atoms with E-state index >= 15 is 0 Å². The van der Waals surface area contributed by atoms with E-state index in [4.69, 9.17) is 14.2 Å². The fourth-order valence-electron chi connectivity index (χ4n) is 4.73. The predicted molar refractivity (Wildman–Crippen MR) is 149 cm³/mol. The van der Waals surface area contributed by atoms with E-state index in [0.29, 0.717) is 38.7 Å². The molecule has 1 aromatic heterocycles. The fraction of sp³-hybridized carbons (Fsp3) is 0.233. The van der Waals surface area contributed by atoms with Gasteiger partial charge in [0.1, 0.15) is 11.5 Å². The van der Waals surface area contributed by atoms with Crippen LogP contribution in [0.25, 0.3) is 16.8 Å². The summed E-state index contributed by atoms with van der Waals surface area (Å²) in [5, 5.41) is 2.03. The number of allylic oxidation sites excluding steroid dienone is 1. The minimum Gasteiger partial charge on any atom is -0.497 e. The van der Waals surface area contributed by atoms with Crippen molar-refractivity contribution in [2.75, 3.05) is 20.3 Å². The maximum atomic E-state index is 14.0. The smallest absolute Gasteiger partial charge is 0.338 e. The minimum absolute atomic E-state index is 0.219. The van der Waals surface area contributed by atoms with Crippen LogP contribution in [0.5, 0.6) is 11.5 Å². The van der Waals surface area contributed by atoms with Crippen molar-refractivity contribution in [2.24, 2.45) is 4.99 Å². The summed E-state index contributed by atoms with van der Waals surface area (Å²) in [4.78, 5) is 32.3. The van der Waals surface area contributed by atoms with Gasteiger partial charge in [0.15, 0.2) is 4.80 Å². The molecular weight excluding hydrogens is 500 g/mol. The molecule has 194 valence electrons. The summed E-state index contributed by atoms with van der Waals surface area (Å²) in [6.07, 6.45) is 1.87. The van der Waals surface area contributed by atoms with Gasteiger partial charge < -0.3 is 14.2 Å². The van der Waals surface area contributed by atoms with Gasteiger partial charge in [-0.2, -0.15) is 0 Å². The number of esters is 1. The average molecular weight is 529 g/mol. The lowest BCUT2D eigenvalue weighted by Crippen LogP contribution is -2.39. The van der Waals surface area contributed by atoms with Crippen LogP contribution in [0.1, 0.15) is 37.9 Å². The highest BCUT2D eigenvalue weighted by molar-refractivity contribution is 7.07. The Hall–Kier alpha value is -4.17. The summed E-state index contributed by atoms with van der Waals surface area (Å²) in [5.74, 6) is 0.891. The predicted octanol–water partition coefficient (Wildman–Crippen LogP) is 4.36. The number of hydrogen-bond acceptors (Lipinski definition) is 7. The van der Waals surface area contributed by atoms with Gasteiger partial charge in [0, 0.05) is 5.56 Å². The summed E-state index contributed by atoms with van der Waals surface area (Å²) in [5.41, 5.74) is 2.22. The molecule has 7 nitrogen and oxygen atoms in total. The number of benzene rings is 3. The number of thiazole rings is 1. The number of rotatable bonds is 7. The third-order valence-corrected chi connectivity index (χ3v) is 7.44. The molecule has 0 amide bonds. The number of carbonyl (C=O) groups is 1. The average Bonchev–Trinajstić information content (AvgIpc) is 3.23. The molecule has 3 aromatic carbocycles. The second-order valence-corrected chi connectivity index (χ2v) is 9.72. The molecule has 0 radical (unpaired) electrons. The van der Waals surface area contributed by atoms with E-state index in [2.05, 4.69) is 4.99 Å². The molecule has 0 unspecified atom stereocenters. The molecule has 1 aliphatic heterocycles. The largest absolute Gasteiger partial charge is 0.497 e. The van der Waals surface area contributed by atoms with Gasteiger partial charge in [-0.3, -0.25) is 9.36 Å². The van der Waals surface area contributed by atoms with E-state index in [9.17, 15) is 9.59 Å². The molecule has 1 aliphatic rings. The van der Waals surface area contributed by atoms with E-state index in [1.165, 1.54) is 11.3 Å². The van der Waals surface area contributed by atoms with E-state index in [-0.39, 0.29) is 12.2 Å². The third-order valence-electron chi connectivity index (χ3n) is 6.45. The summed E-state index contributed by atoms with van der Waals surface area (Å²) < 4.78 is 18.7. The van der Waals surface area contributed by atoms with Gasteiger partial charge in [0.25, 0.3) is 5.56 Å². The number of nitrogens with zero attached hydrogens (tertiary/aromatic N) is 2. The van der Waals surface area contributed by atoms with Crippen molar-refractivity contribution in [3.8, 4) is 11.5 Å². The van der Waals surface area contributed by atoms with E-state index < -0.39 is 12.0 Å². The molecule has 0 saturated heterocycles. The van der Waals surface area contributed by atoms with Crippen LogP contribution in [0.15, 0.2) is 81.7 Å². The second kappa shape index (κ2) is 10.7. The Kier molecular flexibility index (Phi) is 7.15. The number of hydrogen-bond donors (Lipinski definition) is 0. The Balaban J connectivity index is 1.76. The lowest BCUT2D eigenvalue weighted by Gasteiger charge is -2.24. The maximum absolute atomic E-state index is 14.0. The first-order chi connectivity index (χ1) is 18.5. The summed E-state index contributed by atoms with van der Waals surface area (Å²) in [6, 6.07) is 18.6. The van der Waals surface area contributed by atoms with Crippen molar-refractivity contribution in [3.63, 3.8) is 0 Å². The Morgan fingerprint density at radius 3 is 2.53 bits per heavy atom. The number of methoxy groups -OCH3 is 1. The number of ether oxygens (including phenoxy) is 3. The molecule has 1 atom stereocenters. The van der Waals surface area contributed by atoms with Crippen LogP contribution in [0.2, 0.25) is 0 Å². The highest BCUT2D eigenvalue weighted by Gasteiger charge is 2.33. The SMILES string of the molecule is CCOC(=O)C1=C(C)N=c2s/c(=C/c3c(OCC)ccc4ccccc34)c(=O)n2[C@H]1c1ccc(OC)cc1. The van der Waals surface area contributed by atoms with Crippen molar-refractivity contribution in [3.05, 3.63) is 103 Å². The van der Waals surface area contributed by atoms with Crippen LogP contribution in [-0.4, -0.2) is 30.9 Å². The van der Waals surface area contributed by atoms with Crippen molar-refractivity contribution >= 4 is 34.2 Å². The quantitative estimate of drug-likeness (QED) is 0.333. The number of fused-ring (bicyclic) bond motifs is 2. The molecule has 2 heterocycles. The van der Waals surface area contributed by atoms with E-state index in [0.717, 1.165) is 21.9 Å². The molecule has 0 aliphatic carbocycles. The molecule has 8 heteroatoms. The van der Waals surface area contributed by atoms with Gasteiger partial charge in [-0.1, -0.05) is 53.8 Å². The van der Waals surface area contributed by atoms with Gasteiger partial charge in [-0.05, 0) is 61.4 Å². The summed E-state index contributed by atoms with van der Waals surface area (Å²) in [7, 11) is 1.59. The van der Waals surface area contributed by atoms with Crippen molar-refractivity contribution in [2.45, 2.75) is 26.8 Å². The normalized spacial score (nSPS) is 15.3. The Bertz CT molecular complexity index is 1730. The molecule has 0 fully saturated rings. The Morgan fingerprint density at radius 1 is 1.05 bits per heavy atom. The van der Waals surface area contributed by atoms with Crippen molar-refractivity contribution in [1.82, 2.24) is 4.57 Å². The molecule has 38 heavy (non-hydrogen) atoms. The number of carbonyl (C=O) groups excluding carboxylic acids is 1. The molecular formula is C30H28N2O5S. The van der Waals surface area contributed by atoms with Crippen molar-refractivity contribution in [1.29, 1.82) is 0 Å². The standard InChI is InChI=1S/C30H28N2O5S/c1-5-36-24-16-13-19-9-7-8-10-22(19)23(24)17-25-28(33)32-27(20-11-14-21(35-4)15-12-20)26(29(34)37-6-2)18(3)31-30(32)38-25/h7-17,27H,5-6H2,1-4H3/b25-17+/t27-/m0/s1. The van der Waals surface area contributed by atoms with Crippen LogP contribution in [0.4, 0.5) is 0 Å². The zero-order valence-electron chi connectivity index (χ0n) is 21.7. The first-order valence-corrected chi connectivity index (χ1v) is 13.3. The van der Waals surface area contributed by atoms with Gasteiger partial charge in [0.2, 0.25) is 0 Å². The van der Waals surface area contributed by atoms with Gasteiger partial charge in [0.05, 0.1) is 42.2 Å². The maximum Gasteiger partial charge on any atom is 0.338 e. The molecule has 4 aromatic rings. The van der Waals surface area contributed by atoms with Crippen LogP contribution in [0, 0.1) is 0 Å². The minimum atomic E-state index is -0.683. The van der Waals surface area contributed by atoms with E-state index in [1.54, 1.807) is 25.5 Å². The first-order valence-electron chi connectivity index (χ1n) is 12.4.